The summed E-state index contributed by atoms with van der Waals surface area (Å²) < 4.78 is 4.97. The van der Waals surface area contributed by atoms with Crippen LogP contribution < -0.4 is 11.1 Å². The van der Waals surface area contributed by atoms with Crippen molar-refractivity contribution < 1.29 is 4.42 Å². The predicted molar refractivity (Wildman–Crippen MR) is 61.9 cm³/mol. The van der Waals surface area contributed by atoms with Gasteiger partial charge >= 0.3 is 0 Å². The fourth-order valence-electron chi connectivity index (χ4n) is 1.35. The smallest absolute Gasteiger partial charge is 0.132 e. The van der Waals surface area contributed by atoms with E-state index < -0.39 is 0 Å². The molecule has 2 rings (SSSR count). The normalized spacial score (nSPS) is 10.3. The maximum absolute atomic E-state index is 5.67. The molecule has 0 fully saturated rings. The Morgan fingerprint density at radius 3 is 3.00 bits per heavy atom. The van der Waals surface area contributed by atoms with Gasteiger partial charge in [-0.05, 0) is 6.07 Å². The number of aromatic nitrogens is 2. The molecule has 2 aromatic heterocycles. The van der Waals surface area contributed by atoms with E-state index in [2.05, 4.69) is 15.3 Å². The summed E-state index contributed by atoms with van der Waals surface area (Å²) in [5.74, 6) is 1.97. The van der Waals surface area contributed by atoms with Crippen molar-refractivity contribution in [1.29, 1.82) is 0 Å². The third-order valence-electron chi connectivity index (χ3n) is 2.16. The standard InChI is InChI=1S/C11H14N4O/c1-2-10-14-9(12)5-11(15-10)13-6-8-3-4-16-7-8/h3-5,7H,2,6H2,1H3,(H3,12,13,14,15). The maximum atomic E-state index is 5.67. The minimum Gasteiger partial charge on any atom is -0.472 e. The lowest BCUT2D eigenvalue weighted by Gasteiger charge is -2.06. The van der Waals surface area contributed by atoms with Gasteiger partial charge in [0.1, 0.15) is 17.5 Å². The van der Waals surface area contributed by atoms with Crippen LogP contribution in [-0.4, -0.2) is 9.97 Å². The van der Waals surface area contributed by atoms with Crippen LogP contribution in [0.4, 0.5) is 11.6 Å². The van der Waals surface area contributed by atoms with Gasteiger partial charge in [0.25, 0.3) is 0 Å². The zero-order valence-corrected chi connectivity index (χ0v) is 9.10. The Morgan fingerprint density at radius 1 is 1.44 bits per heavy atom. The Hall–Kier alpha value is -2.04. The average molecular weight is 218 g/mol. The topological polar surface area (TPSA) is 77.0 Å². The molecule has 5 heteroatoms. The molecule has 0 bridgehead atoms. The molecule has 0 unspecified atom stereocenters. The summed E-state index contributed by atoms with van der Waals surface area (Å²) in [6.07, 6.45) is 4.10. The van der Waals surface area contributed by atoms with E-state index in [1.165, 1.54) is 0 Å². The van der Waals surface area contributed by atoms with Crippen molar-refractivity contribution in [1.82, 2.24) is 9.97 Å². The van der Waals surface area contributed by atoms with Crippen molar-refractivity contribution in [2.24, 2.45) is 0 Å². The molecular weight excluding hydrogens is 204 g/mol. The maximum Gasteiger partial charge on any atom is 0.132 e. The van der Waals surface area contributed by atoms with Gasteiger partial charge < -0.3 is 15.5 Å². The number of nitrogen functional groups attached to an aromatic ring is 1. The summed E-state index contributed by atoms with van der Waals surface area (Å²) in [6, 6.07) is 3.62. The van der Waals surface area contributed by atoms with Gasteiger partial charge in [0.05, 0.1) is 12.5 Å². The highest BCUT2D eigenvalue weighted by Crippen LogP contribution is 2.10. The molecule has 0 saturated carbocycles. The van der Waals surface area contributed by atoms with Crippen molar-refractivity contribution in [3.05, 3.63) is 36.0 Å². The highest BCUT2D eigenvalue weighted by Gasteiger charge is 2.01. The van der Waals surface area contributed by atoms with E-state index in [4.69, 9.17) is 10.2 Å². The molecule has 2 aromatic rings. The van der Waals surface area contributed by atoms with Crippen LogP contribution in [0.2, 0.25) is 0 Å². The number of nitrogens with zero attached hydrogens (tertiary/aromatic N) is 2. The van der Waals surface area contributed by atoms with Crippen LogP contribution in [0.5, 0.6) is 0 Å². The summed E-state index contributed by atoms with van der Waals surface area (Å²) >= 11 is 0. The lowest BCUT2D eigenvalue weighted by Crippen LogP contribution is -2.05. The van der Waals surface area contributed by atoms with Crippen molar-refractivity contribution in [2.45, 2.75) is 19.9 Å². The highest BCUT2D eigenvalue weighted by molar-refractivity contribution is 5.44. The highest BCUT2D eigenvalue weighted by atomic mass is 16.3. The van der Waals surface area contributed by atoms with Gasteiger partial charge in [-0.3, -0.25) is 0 Å². The van der Waals surface area contributed by atoms with Gasteiger partial charge in [0.2, 0.25) is 0 Å². The van der Waals surface area contributed by atoms with Gasteiger partial charge in [-0.2, -0.15) is 0 Å². The molecule has 16 heavy (non-hydrogen) atoms. The predicted octanol–water partition coefficient (Wildman–Crippen LogP) is 1.83. The minimum atomic E-state index is 0.488. The summed E-state index contributed by atoms with van der Waals surface area (Å²) in [5, 5.41) is 3.17. The van der Waals surface area contributed by atoms with E-state index in [0.29, 0.717) is 12.4 Å². The SMILES string of the molecule is CCc1nc(N)cc(NCc2ccoc2)n1. The first-order valence-corrected chi connectivity index (χ1v) is 5.16. The average Bonchev–Trinajstić information content (AvgIpc) is 2.78. The molecule has 0 saturated heterocycles. The third-order valence-corrected chi connectivity index (χ3v) is 2.16. The van der Waals surface area contributed by atoms with Crippen LogP contribution in [0.3, 0.4) is 0 Å². The second kappa shape index (κ2) is 4.65. The van der Waals surface area contributed by atoms with Crippen molar-refractivity contribution >= 4 is 11.6 Å². The number of anilines is 2. The molecule has 2 heterocycles. The van der Waals surface area contributed by atoms with E-state index in [9.17, 15) is 0 Å². The van der Waals surface area contributed by atoms with E-state index in [1.807, 2.05) is 13.0 Å². The first-order chi connectivity index (χ1) is 7.78. The lowest BCUT2D eigenvalue weighted by molar-refractivity contribution is 0.564. The molecule has 0 atom stereocenters. The Bertz CT molecular complexity index is 453. The zero-order valence-electron chi connectivity index (χ0n) is 9.10. The van der Waals surface area contributed by atoms with Gasteiger partial charge in [0, 0.05) is 24.6 Å². The number of rotatable bonds is 4. The molecule has 3 N–H and O–H groups in total. The van der Waals surface area contributed by atoms with Crippen LogP contribution in [0.25, 0.3) is 0 Å². The Kier molecular flexibility index (Phi) is 3.05. The quantitative estimate of drug-likeness (QED) is 0.818. The molecule has 0 spiro atoms. The van der Waals surface area contributed by atoms with Gasteiger partial charge in [-0.1, -0.05) is 6.92 Å². The second-order valence-corrected chi connectivity index (χ2v) is 3.43. The molecule has 0 amide bonds. The van der Waals surface area contributed by atoms with E-state index in [0.717, 1.165) is 23.6 Å². The zero-order chi connectivity index (χ0) is 11.4. The Morgan fingerprint density at radius 2 is 2.31 bits per heavy atom. The number of aryl methyl sites for hydroxylation is 1. The molecule has 0 radical (unpaired) electrons. The van der Waals surface area contributed by atoms with Gasteiger partial charge in [-0.25, -0.2) is 9.97 Å². The number of hydrogen-bond donors (Lipinski definition) is 2. The second-order valence-electron chi connectivity index (χ2n) is 3.43. The Balaban J connectivity index is 2.06. The number of hydrogen-bond acceptors (Lipinski definition) is 5. The molecule has 84 valence electrons. The molecule has 0 aromatic carbocycles. The molecular formula is C11H14N4O. The summed E-state index contributed by atoms with van der Waals surface area (Å²) in [4.78, 5) is 8.42. The Labute approximate surface area is 93.7 Å². The summed E-state index contributed by atoms with van der Waals surface area (Å²) in [7, 11) is 0. The third kappa shape index (κ3) is 2.50. The fraction of sp³-hybridized carbons (Fsp3) is 0.273. The lowest BCUT2D eigenvalue weighted by atomic mass is 10.3. The van der Waals surface area contributed by atoms with E-state index in [1.54, 1.807) is 18.6 Å². The first-order valence-electron chi connectivity index (χ1n) is 5.16. The van der Waals surface area contributed by atoms with Crippen LogP contribution in [0.15, 0.2) is 29.1 Å². The van der Waals surface area contributed by atoms with Gasteiger partial charge in [0.15, 0.2) is 0 Å². The monoisotopic (exact) mass is 218 g/mol. The molecule has 5 nitrogen and oxygen atoms in total. The summed E-state index contributed by atoms with van der Waals surface area (Å²) in [5.41, 5.74) is 6.74. The van der Waals surface area contributed by atoms with Gasteiger partial charge in [-0.15, -0.1) is 0 Å². The summed E-state index contributed by atoms with van der Waals surface area (Å²) in [6.45, 7) is 2.66. The van der Waals surface area contributed by atoms with E-state index in [-0.39, 0.29) is 0 Å². The number of nitrogens with two attached hydrogens (primary N) is 1. The largest absolute Gasteiger partial charge is 0.472 e. The van der Waals surface area contributed by atoms with Crippen molar-refractivity contribution in [3.8, 4) is 0 Å². The number of furan rings is 1. The van der Waals surface area contributed by atoms with E-state index >= 15 is 0 Å². The van der Waals surface area contributed by atoms with Crippen LogP contribution in [-0.2, 0) is 13.0 Å². The fourth-order valence-corrected chi connectivity index (χ4v) is 1.35. The van der Waals surface area contributed by atoms with Crippen molar-refractivity contribution in [2.75, 3.05) is 11.1 Å². The first kappa shape index (κ1) is 10.5. The van der Waals surface area contributed by atoms with Crippen LogP contribution >= 0.6 is 0 Å². The molecule has 0 aliphatic carbocycles. The molecule has 0 aliphatic heterocycles. The number of nitrogens with one attached hydrogen (secondary N) is 1. The van der Waals surface area contributed by atoms with Crippen LogP contribution in [0.1, 0.15) is 18.3 Å². The minimum absolute atomic E-state index is 0.488. The van der Waals surface area contributed by atoms with Crippen molar-refractivity contribution in [3.63, 3.8) is 0 Å². The molecule has 0 aliphatic rings. The van der Waals surface area contributed by atoms with Crippen LogP contribution in [0, 0.1) is 0 Å².